The zero-order valence-corrected chi connectivity index (χ0v) is 22.9. The van der Waals surface area contributed by atoms with E-state index in [1.165, 1.54) is 3.57 Å². The second-order valence-corrected chi connectivity index (χ2v) is 9.72. The summed E-state index contributed by atoms with van der Waals surface area (Å²) in [4.78, 5) is 7.77. The van der Waals surface area contributed by atoms with Crippen molar-refractivity contribution < 1.29 is 14.2 Å². The van der Waals surface area contributed by atoms with Crippen molar-refractivity contribution in [3.05, 3.63) is 78.7 Å². The van der Waals surface area contributed by atoms with E-state index >= 15 is 0 Å². The number of hydrogen-bond donors (Lipinski definition) is 1. The molecule has 1 aromatic heterocycles. The van der Waals surface area contributed by atoms with Crippen LogP contribution >= 0.6 is 45.2 Å². The van der Waals surface area contributed by atoms with E-state index in [0.29, 0.717) is 36.1 Å². The van der Waals surface area contributed by atoms with Crippen LogP contribution in [0.25, 0.3) is 22.7 Å². The van der Waals surface area contributed by atoms with Gasteiger partial charge in [0.15, 0.2) is 11.5 Å². The summed E-state index contributed by atoms with van der Waals surface area (Å²) >= 11 is 4.52. The number of rotatable bonds is 8. The summed E-state index contributed by atoms with van der Waals surface area (Å²) in [7, 11) is 1.62. The zero-order chi connectivity index (χ0) is 24.1. The highest BCUT2D eigenvalue weighted by atomic mass is 127. The van der Waals surface area contributed by atoms with Crippen LogP contribution in [0.2, 0.25) is 0 Å². The molecule has 0 aliphatic rings. The molecule has 34 heavy (non-hydrogen) atoms. The quantitative estimate of drug-likeness (QED) is 0.164. The maximum atomic E-state index is 9.83. The Labute approximate surface area is 225 Å². The molecule has 1 heterocycles. The molecule has 0 radical (unpaired) electrons. The van der Waals surface area contributed by atoms with Gasteiger partial charge >= 0.3 is 0 Å². The molecule has 0 aliphatic carbocycles. The summed E-state index contributed by atoms with van der Waals surface area (Å²) in [5.41, 5.74) is 3.89. The van der Waals surface area contributed by atoms with Gasteiger partial charge < -0.3 is 19.2 Å². The van der Waals surface area contributed by atoms with E-state index in [1.807, 2.05) is 49.4 Å². The van der Waals surface area contributed by atoms with E-state index < -0.39 is 0 Å². The number of methoxy groups -OCH3 is 1. The van der Waals surface area contributed by atoms with E-state index in [-0.39, 0.29) is 0 Å². The van der Waals surface area contributed by atoms with E-state index in [0.717, 1.165) is 31.5 Å². The number of nitrogens with zero attached hydrogens (tertiary/aromatic N) is 2. The van der Waals surface area contributed by atoms with Crippen LogP contribution in [0.1, 0.15) is 23.9 Å². The Morgan fingerprint density at radius 2 is 1.88 bits per heavy atom. The predicted molar refractivity (Wildman–Crippen MR) is 150 cm³/mol. The SMILES string of the molecule is CCOc1cc(/C=C(/C#N)c2nc3ccc(OC)cc3[nH]2)cc(I)c1OCc1ccc(I)cc1. The Hall–Kier alpha value is -2.78. The fourth-order valence-corrected chi connectivity index (χ4v) is 4.51. The molecular weight excluding hydrogens is 656 g/mol. The molecule has 4 rings (SSSR count). The molecular formula is C26H21I2N3O3. The molecule has 0 bridgehead atoms. The number of benzene rings is 3. The lowest BCUT2D eigenvalue weighted by Gasteiger charge is -2.15. The molecule has 3 aromatic carbocycles. The number of aromatic nitrogens is 2. The van der Waals surface area contributed by atoms with E-state index in [2.05, 4.69) is 73.4 Å². The van der Waals surface area contributed by atoms with Crippen molar-refractivity contribution in [3.63, 3.8) is 0 Å². The average Bonchev–Trinajstić information content (AvgIpc) is 3.26. The maximum absolute atomic E-state index is 9.83. The second-order valence-electron chi connectivity index (χ2n) is 7.32. The molecule has 0 aliphatic heterocycles. The summed E-state index contributed by atoms with van der Waals surface area (Å²) < 4.78 is 19.4. The number of H-pyrrole nitrogens is 1. The lowest BCUT2D eigenvalue weighted by molar-refractivity contribution is 0.267. The molecule has 4 aromatic rings. The number of imidazole rings is 1. The Morgan fingerprint density at radius 1 is 1.09 bits per heavy atom. The highest BCUT2D eigenvalue weighted by molar-refractivity contribution is 14.1. The summed E-state index contributed by atoms with van der Waals surface area (Å²) in [5.74, 6) is 2.55. The van der Waals surface area contributed by atoms with Gasteiger partial charge in [-0.05, 0) is 106 Å². The third-order valence-electron chi connectivity index (χ3n) is 5.00. The molecule has 0 fully saturated rings. The van der Waals surface area contributed by atoms with Crippen LogP contribution in [0.15, 0.2) is 54.6 Å². The van der Waals surface area contributed by atoms with Crippen molar-refractivity contribution in [1.82, 2.24) is 9.97 Å². The largest absolute Gasteiger partial charge is 0.497 e. The van der Waals surface area contributed by atoms with Gasteiger partial charge in [0.25, 0.3) is 0 Å². The Kier molecular flexibility index (Phi) is 7.95. The summed E-state index contributed by atoms with van der Waals surface area (Å²) in [6, 6.07) is 19.9. The van der Waals surface area contributed by atoms with Gasteiger partial charge in [0.2, 0.25) is 0 Å². The number of halogens is 2. The van der Waals surface area contributed by atoms with Gasteiger partial charge in [0.1, 0.15) is 24.3 Å². The van der Waals surface area contributed by atoms with Crippen molar-refractivity contribution in [2.24, 2.45) is 0 Å². The first-order valence-electron chi connectivity index (χ1n) is 10.5. The van der Waals surface area contributed by atoms with Gasteiger partial charge in [-0.3, -0.25) is 0 Å². The first kappa shape index (κ1) is 24.3. The van der Waals surface area contributed by atoms with Gasteiger partial charge in [-0.1, -0.05) is 12.1 Å². The monoisotopic (exact) mass is 677 g/mol. The third-order valence-corrected chi connectivity index (χ3v) is 6.52. The first-order chi connectivity index (χ1) is 16.5. The predicted octanol–water partition coefficient (Wildman–Crippen LogP) is 6.82. The second kappa shape index (κ2) is 11.1. The molecule has 172 valence electrons. The van der Waals surface area contributed by atoms with Gasteiger partial charge in [-0.15, -0.1) is 0 Å². The lowest BCUT2D eigenvalue weighted by Crippen LogP contribution is -2.02. The van der Waals surface area contributed by atoms with Crippen LogP contribution in [-0.4, -0.2) is 23.7 Å². The van der Waals surface area contributed by atoms with Crippen molar-refractivity contribution in [1.29, 1.82) is 5.26 Å². The molecule has 0 amide bonds. The van der Waals surface area contributed by atoms with E-state index in [4.69, 9.17) is 14.2 Å². The molecule has 8 heteroatoms. The number of hydrogen-bond acceptors (Lipinski definition) is 5. The van der Waals surface area contributed by atoms with Crippen LogP contribution in [-0.2, 0) is 6.61 Å². The maximum Gasteiger partial charge on any atom is 0.175 e. The fraction of sp³-hybridized carbons (Fsp3) is 0.154. The Bertz CT molecular complexity index is 1390. The minimum Gasteiger partial charge on any atom is -0.497 e. The van der Waals surface area contributed by atoms with Gasteiger partial charge in [-0.2, -0.15) is 5.26 Å². The van der Waals surface area contributed by atoms with Crippen LogP contribution in [0, 0.1) is 18.5 Å². The molecule has 0 spiro atoms. The first-order valence-corrected chi connectivity index (χ1v) is 12.7. The fourth-order valence-electron chi connectivity index (χ4n) is 3.37. The molecule has 1 N–H and O–H groups in total. The van der Waals surface area contributed by atoms with Crippen molar-refractivity contribution in [2.45, 2.75) is 13.5 Å². The van der Waals surface area contributed by atoms with Crippen LogP contribution in [0.3, 0.4) is 0 Å². The average molecular weight is 677 g/mol. The van der Waals surface area contributed by atoms with Crippen LogP contribution in [0.5, 0.6) is 17.2 Å². The van der Waals surface area contributed by atoms with E-state index in [9.17, 15) is 5.26 Å². The topological polar surface area (TPSA) is 80.2 Å². The summed E-state index contributed by atoms with van der Waals surface area (Å²) in [6.07, 6.45) is 1.79. The lowest BCUT2D eigenvalue weighted by atomic mass is 10.1. The van der Waals surface area contributed by atoms with Gasteiger partial charge in [0.05, 0.1) is 33.9 Å². The molecule has 6 nitrogen and oxygen atoms in total. The molecule has 0 atom stereocenters. The van der Waals surface area contributed by atoms with Crippen LogP contribution in [0.4, 0.5) is 0 Å². The van der Waals surface area contributed by atoms with Gasteiger partial charge in [-0.25, -0.2) is 4.98 Å². The van der Waals surface area contributed by atoms with Crippen LogP contribution < -0.4 is 14.2 Å². The number of nitrogens with one attached hydrogen (secondary N) is 1. The Balaban J connectivity index is 1.65. The number of nitriles is 1. The molecule has 0 unspecified atom stereocenters. The van der Waals surface area contributed by atoms with Crippen molar-refractivity contribution in [3.8, 4) is 23.3 Å². The summed E-state index contributed by atoms with van der Waals surface area (Å²) in [6.45, 7) is 2.87. The molecule has 0 saturated heterocycles. The number of aromatic amines is 1. The minimum absolute atomic E-state index is 0.418. The number of fused-ring (bicyclic) bond motifs is 1. The minimum atomic E-state index is 0.418. The third kappa shape index (κ3) is 5.64. The molecule has 0 saturated carbocycles. The highest BCUT2D eigenvalue weighted by Gasteiger charge is 2.14. The number of allylic oxidation sites excluding steroid dienone is 1. The van der Waals surface area contributed by atoms with Gasteiger partial charge in [0, 0.05) is 9.64 Å². The summed E-state index contributed by atoms with van der Waals surface area (Å²) in [5, 5.41) is 9.83. The Morgan fingerprint density at radius 3 is 2.59 bits per heavy atom. The normalized spacial score (nSPS) is 11.3. The van der Waals surface area contributed by atoms with Crippen molar-refractivity contribution >= 4 is 67.9 Å². The highest BCUT2D eigenvalue weighted by Crippen LogP contribution is 2.36. The zero-order valence-electron chi connectivity index (χ0n) is 18.6. The number of ether oxygens (including phenoxy) is 3. The standard InChI is InChI=1S/C26H21I2N3O3/c1-3-33-24-12-17(11-21(28)25(24)34-15-16-4-6-19(27)7-5-16)10-18(14-29)26-30-22-9-8-20(32-2)13-23(22)31-26/h4-13H,3,15H2,1-2H3,(H,30,31)/b18-10-. The van der Waals surface area contributed by atoms with E-state index in [1.54, 1.807) is 13.2 Å². The van der Waals surface area contributed by atoms with Crippen molar-refractivity contribution in [2.75, 3.05) is 13.7 Å². The smallest absolute Gasteiger partial charge is 0.175 e.